The summed E-state index contributed by atoms with van der Waals surface area (Å²) >= 11 is 0. The van der Waals surface area contributed by atoms with E-state index in [4.69, 9.17) is 10.7 Å². The van der Waals surface area contributed by atoms with Crippen molar-refractivity contribution in [3.05, 3.63) is 23.2 Å². The monoisotopic (exact) mass is 378 g/mol. The zero-order valence-corrected chi connectivity index (χ0v) is 16.4. The summed E-state index contributed by atoms with van der Waals surface area (Å²) in [5.74, 6) is -0.944. The van der Waals surface area contributed by atoms with Gasteiger partial charge in [0, 0.05) is 37.9 Å². The van der Waals surface area contributed by atoms with Gasteiger partial charge in [-0.05, 0) is 44.2 Å². The molecule has 27 heavy (non-hydrogen) atoms. The predicted octanol–water partition coefficient (Wildman–Crippen LogP) is 4.63. The molecular formula is C21H32F2N4. The Hall–Kier alpha value is -1.56. The number of rotatable bonds is 9. The first-order chi connectivity index (χ1) is 13.0. The van der Waals surface area contributed by atoms with Gasteiger partial charge in [-0.1, -0.05) is 25.8 Å². The lowest BCUT2D eigenvalue weighted by atomic mass is 10.0. The van der Waals surface area contributed by atoms with Crippen LogP contribution in [-0.4, -0.2) is 40.4 Å². The van der Waals surface area contributed by atoms with Crippen molar-refractivity contribution in [2.45, 2.75) is 77.1 Å². The smallest absolute Gasteiger partial charge is 0.250 e. The van der Waals surface area contributed by atoms with E-state index in [0.29, 0.717) is 18.9 Å². The highest BCUT2D eigenvalue weighted by Crippen LogP contribution is 2.33. The molecule has 0 aromatic carbocycles. The maximum Gasteiger partial charge on any atom is 0.250 e. The van der Waals surface area contributed by atoms with Crippen LogP contribution in [0, 0.1) is 0 Å². The van der Waals surface area contributed by atoms with Crippen LogP contribution in [0.5, 0.6) is 0 Å². The number of aryl methyl sites for hydroxylation is 1. The summed E-state index contributed by atoms with van der Waals surface area (Å²) in [7, 11) is 0. The fraction of sp³-hybridized carbons (Fsp3) is 0.714. The molecule has 0 atom stereocenters. The van der Waals surface area contributed by atoms with Crippen molar-refractivity contribution < 1.29 is 8.78 Å². The second-order valence-electron chi connectivity index (χ2n) is 7.90. The highest BCUT2D eigenvalue weighted by molar-refractivity contribution is 5.73. The van der Waals surface area contributed by atoms with E-state index >= 15 is 0 Å². The van der Waals surface area contributed by atoms with Crippen LogP contribution in [0.4, 0.5) is 14.6 Å². The Balaban J connectivity index is 1.42. The summed E-state index contributed by atoms with van der Waals surface area (Å²) in [4.78, 5) is 11.4. The number of alkyl halides is 2. The van der Waals surface area contributed by atoms with E-state index in [0.717, 1.165) is 75.0 Å². The van der Waals surface area contributed by atoms with E-state index in [2.05, 4.69) is 22.9 Å². The molecule has 3 rings (SSSR count). The molecule has 1 saturated heterocycles. The minimum atomic E-state index is -2.45. The lowest BCUT2D eigenvalue weighted by Gasteiger charge is -2.31. The molecule has 4 nitrogen and oxygen atoms in total. The predicted molar refractivity (Wildman–Crippen MR) is 106 cm³/mol. The molecular weight excluding hydrogens is 346 g/mol. The molecule has 0 spiro atoms. The van der Waals surface area contributed by atoms with Gasteiger partial charge in [-0.25, -0.2) is 18.7 Å². The fourth-order valence-electron chi connectivity index (χ4n) is 3.94. The summed E-state index contributed by atoms with van der Waals surface area (Å²) in [6, 6.07) is 0. The Morgan fingerprint density at radius 2 is 1.85 bits per heavy atom. The number of hydrogen-bond donors (Lipinski definition) is 1. The van der Waals surface area contributed by atoms with Gasteiger partial charge in [-0.3, -0.25) is 0 Å². The van der Waals surface area contributed by atoms with Gasteiger partial charge in [0.05, 0.1) is 5.69 Å². The van der Waals surface area contributed by atoms with E-state index in [1.54, 1.807) is 0 Å². The van der Waals surface area contributed by atoms with Crippen molar-refractivity contribution in [3.8, 4) is 0 Å². The first-order valence-electron chi connectivity index (χ1n) is 10.4. The van der Waals surface area contributed by atoms with Crippen LogP contribution in [0.1, 0.15) is 75.4 Å². The zero-order chi connectivity index (χ0) is 19.3. The molecule has 2 N–H and O–H groups in total. The minimum Gasteiger partial charge on any atom is -0.383 e. The van der Waals surface area contributed by atoms with Gasteiger partial charge in [0.1, 0.15) is 11.6 Å². The number of nitrogens with two attached hydrogens (primary N) is 1. The standard InChI is InChI=1S/C21H32F2N4/c1-2-3-8-18-25-19-16(9-10-17(19)20(24)26-18)7-5-4-6-13-27-14-11-21(22,23)12-15-27/h9H,2-8,10-15H2,1H3,(H2,24,25,26). The van der Waals surface area contributed by atoms with Crippen LogP contribution in [0.25, 0.3) is 5.57 Å². The molecule has 0 bridgehead atoms. The van der Waals surface area contributed by atoms with Crippen molar-refractivity contribution in [1.82, 2.24) is 14.9 Å². The van der Waals surface area contributed by atoms with E-state index in [-0.39, 0.29) is 12.8 Å². The van der Waals surface area contributed by atoms with Gasteiger partial charge >= 0.3 is 0 Å². The van der Waals surface area contributed by atoms with E-state index < -0.39 is 5.92 Å². The number of halogens is 2. The minimum absolute atomic E-state index is 0.0121. The van der Waals surface area contributed by atoms with Crippen LogP contribution < -0.4 is 5.73 Å². The lowest BCUT2D eigenvalue weighted by Crippen LogP contribution is -2.39. The Kier molecular flexibility index (Phi) is 6.79. The molecule has 150 valence electrons. The highest BCUT2D eigenvalue weighted by Gasteiger charge is 2.33. The maximum atomic E-state index is 13.2. The van der Waals surface area contributed by atoms with Crippen LogP contribution in [-0.2, 0) is 12.8 Å². The molecule has 0 radical (unpaired) electrons. The number of nitrogens with zero attached hydrogens (tertiary/aromatic N) is 3. The average Bonchev–Trinajstić information content (AvgIpc) is 3.04. The van der Waals surface area contributed by atoms with Gasteiger partial charge < -0.3 is 10.6 Å². The Morgan fingerprint density at radius 1 is 1.07 bits per heavy atom. The number of anilines is 1. The van der Waals surface area contributed by atoms with Crippen molar-refractivity contribution in [2.75, 3.05) is 25.4 Å². The molecule has 0 unspecified atom stereocenters. The molecule has 1 aromatic rings. The quantitative estimate of drug-likeness (QED) is 0.637. The molecule has 1 aliphatic heterocycles. The van der Waals surface area contributed by atoms with Crippen molar-refractivity contribution >= 4 is 11.4 Å². The first-order valence-corrected chi connectivity index (χ1v) is 10.4. The summed E-state index contributed by atoms with van der Waals surface area (Å²) in [6.07, 6.45) is 10.5. The second kappa shape index (κ2) is 9.09. The largest absolute Gasteiger partial charge is 0.383 e. The number of unbranched alkanes of at least 4 members (excludes halogenated alkanes) is 3. The van der Waals surface area contributed by atoms with Gasteiger partial charge in [0.15, 0.2) is 0 Å². The van der Waals surface area contributed by atoms with Crippen LogP contribution in [0.3, 0.4) is 0 Å². The van der Waals surface area contributed by atoms with Gasteiger partial charge in [0.2, 0.25) is 0 Å². The molecule has 0 saturated carbocycles. The average molecular weight is 379 g/mol. The fourth-order valence-corrected chi connectivity index (χ4v) is 3.94. The Morgan fingerprint density at radius 3 is 2.59 bits per heavy atom. The molecule has 2 heterocycles. The summed E-state index contributed by atoms with van der Waals surface area (Å²) in [5.41, 5.74) is 9.59. The number of nitrogen functional groups attached to an aromatic ring is 1. The van der Waals surface area contributed by atoms with Crippen molar-refractivity contribution in [3.63, 3.8) is 0 Å². The van der Waals surface area contributed by atoms with E-state index in [1.165, 1.54) is 5.57 Å². The number of aromatic nitrogens is 2. The third kappa shape index (κ3) is 5.47. The third-order valence-corrected chi connectivity index (χ3v) is 5.70. The summed E-state index contributed by atoms with van der Waals surface area (Å²) in [5, 5.41) is 0. The van der Waals surface area contributed by atoms with Gasteiger partial charge in [-0.15, -0.1) is 0 Å². The maximum absolute atomic E-state index is 13.2. The van der Waals surface area contributed by atoms with Gasteiger partial charge in [0.25, 0.3) is 5.92 Å². The lowest BCUT2D eigenvalue weighted by molar-refractivity contribution is -0.0552. The molecule has 0 amide bonds. The second-order valence-corrected chi connectivity index (χ2v) is 7.90. The molecule has 1 aromatic heterocycles. The number of piperidine rings is 1. The van der Waals surface area contributed by atoms with E-state index in [1.807, 2.05) is 0 Å². The molecule has 1 aliphatic carbocycles. The normalized spacial score (nSPS) is 19.1. The van der Waals surface area contributed by atoms with Crippen molar-refractivity contribution in [2.24, 2.45) is 0 Å². The zero-order valence-electron chi connectivity index (χ0n) is 16.4. The summed E-state index contributed by atoms with van der Waals surface area (Å²) in [6.45, 7) is 4.16. The first kappa shape index (κ1) is 20.2. The van der Waals surface area contributed by atoms with Crippen molar-refractivity contribution in [1.29, 1.82) is 0 Å². The molecule has 6 heteroatoms. The van der Waals surface area contributed by atoms with Crippen LogP contribution >= 0.6 is 0 Å². The van der Waals surface area contributed by atoms with Crippen LogP contribution in [0.15, 0.2) is 6.08 Å². The molecule has 2 aliphatic rings. The highest BCUT2D eigenvalue weighted by atomic mass is 19.3. The summed E-state index contributed by atoms with van der Waals surface area (Å²) < 4.78 is 26.4. The van der Waals surface area contributed by atoms with Gasteiger partial charge in [-0.2, -0.15) is 0 Å². The number of hydrogen-bond acceptors (Lipinski definition) is 4. The number of fused-ring (bicyclic) bond motifs is 1. The number of likely N-dealkylation sites (tertiary alicyclic amines) is 1. The SMILES string of the molecule is CCCCc1nc(N)c2c(n1)C(CCCCCN1CCC(F)(F)CC1)=CC2. The topological polar surface area (TPSA) is 55.0 Å². The van der Waals surface area contributed by atoms with Crippen LogP contribution in [0.2, 0.25) is 0 Å². The Labute approximate surface area is 161 Å². The third-order valence-electron chi connectivity index (χ3n) is 5.70. The van der Waals surface area contributed by atoms with E-state index in [9.17, 15) is 8.78 Å². The molecule has 1 fully saturated rings. The number of allylic oxidation sites excluding steroid dienone is 2. The Bertz CT molecular complexity index is 662.